The van der Waals surface area contributed by atoms with Crippen LogP contribution in [0.3, 0.4) is 0 Å². The topological polar surface area (TPSA) is 49.8 Å². The molecule has 1 heterocycles. The fourth-order valence-electron chi connectivity index (χ4n) is 2.76. The maximum atomic E-state index is 13.0. The monoisotopic (exact) mass is 357 g/mol. The van der Waals surface area contributed by atoms with Crippen molar-refractivity contribution >= 4 is 17.5 Å². The van der Waals surface area contributed by atoms with Crippen LogP contribution >= 0.6 is 11.6 Å². The van der Waals surface area contributed by atoms with Gasteiger partial charge in [0.2, 0.25) is 5.72 Å². The van der Waals surface area contributed by atoms with Crippen LogP contribution in [-0.4, -0.2) is 23.2 Å². The van der Waals surface area contributed by atoms with Crippen LogP contribution in [0.2, 0.25) is 5.02 Å². The number of fused-ring (bicyclic) bond motifs is 1. The molecule has 0 bridgehead atoms. The molecule has 2 aromatic rings. The predicted molar refractivity (Wildman–Crippen MR) is 79.1 cm³/mol. The van der Waals surface area contributed by atoms with Gasteiger partial charge in [-0.2, -0.15) is 18.2 Å². The number of hydroxylamine groups is 2. The molecule has 126 valence electrons. The zero-order valence-electron chi connectivity index (χ0n) is 12.3. The Labute approximate surface area is 140 Å². The maximum Gasteiger partial charge on any atom is 0.416 e. The number of halogens is 4. The fraction of sp³-hybridized carbons (Fsp3) is 0.188. The van der Waals surface area contributed by atoms with E-state index in [2.05, 4.69) is 0 Å². The lowest BCUT2D eigenvalue weighted by molar-refractivity contribution is -0.223. The number of carbonyl (C=O) groups is 1. The van der Waals surface area contributed by atoms with Crippen molar-refractivity contribution in [2.24, 2.45) is 0 Å². The SMILES string of the molecule is CON1C(=O)c2ccc(Cl)cc2C1(O)c1cccc(C(F)(F)F)c1. The van der Waals surface area contributed by atoms with E-state index in [9.17, 15) is 23.1 Å². The summed E-state index contributed by atoms with van der Waals surface area (Å²) in [6.07, 6.45) is -4.59. The van der Waals surface area contributed by atoms with Gasteiger partial charge in [0.05, 0.1) is 18.2 Å². The molecular formula is C16H11ClF3NO3. The summed E-state index contributed by atoms with van der Waals surface area (Å²) in [6, 6.07) is 8.24. The minimum atomic E-state index is -4.59. The van der Waals surface area contributed by atoms with Crippen molar-refractivity contribution < 1.29 is 27.9 Å². The molecule has 4 nitrogen and oxygen atoms in total. The van der Waals surface area contributed by atoms with E-state index < -0.39 is 23.4 Å². The summed E-state index contributed by atoms with van der Waals surface area (Å²) in [4.78, 5) is 17.3. The summed E-state index contributed by atoms with van der Waals surface area (Å²) in [7, 11) is 1.14. The molecule has 3 rings (SSSR count). The second-order valence-corrected chi connectivity index (χ2v) is 5.66. The number of hydrogen-bond donors (Lipinski definition) is 1. The molecule has 0 aliphatic carbocycles. The fourth-order valence-corrected chi connectivity index (χ4v) is 2.93. The van der Waals surface area contributed by atoms with E-state index in [1.54, 1.807) is 0 Å². The van der Waals surface area contributed by atoms with Crippen molar-refractivity contribution in [1.29, 1.82) is 0 Å². The summed E-state index contributed by atoms with van der Waals surface area (Å²) in [5.41, 5.74) is -3.17. The third-order valence-corrected chi connectivity index (χ3v) is 4.08. The molecule has 0 saturated heterocycles. The third-order valence-electron chi connectivity index (χ3n) is 3.84. The van der Waals surface area contributed by atoms with E-state index >= 15 is 0 Å². The summed E-state index contributed by atoms with van der Waals surface area (Å²) < 4.78 is 38.9. The number of benzene rings is 2. The Kier molecular flexibility index (Phi) is 3.82. The second kappa shape index (κ2) is 5.47. The Balaban J connectivity index is 2.25. The number of aliphatic hydroxyl groups is 1. The Hall–Kier alpha value is -2.09. The van der Waals surface area contributed by atoms with Crippen molar-refractivity contribution in [3.63, 3.8) is 0 Å². The number of alkyl halides is 3. The van der Waals surface area contributed by atoms with E-state index in [-0.39, 0.29) is 21.7 Å². The average Bonchev–Trinajstić information content (AvgIpc) is 2.75. The van der Waals surface area contributed by atoms with Crippen LogP contribution in [0.4, 0.5) is 13.2 Å². The molecule has 1 aliphatic heterocycles. The Morgan fingerprint density at radius 2 is 1.92 bits per heavy atom. The van der Waals surface area contributed by atoms with Crippen LogP contribution in [-0.2, 0) is 16.7 Å². The van der Waals surface area contributed by atoms with Crippen LogP contribution in [0, 0.1) is 0 Å². The molecule has 8 heteroatoms. The molecule has 1 unspecified atom stereocenters. The molecule has 0 aromatic heterocycles. The molecule has 1 aliphatic rings. The van der Waals surface area contributed by atoms with Gasteiger partial charge in [-0.1, -0.05) is 23.7 Å². The van der Waals surface area contributed by atoms with Crippen LogP contribution in [0.5, 0.6) is 0 Å². The number of amides is 1. The number of carbonyl (C=O) groups excluding carboxylic acids is 1. The molecule has 1 atom stereocenters. The summed E-state index contributed by atoms with van der Waals surface area (Å²) in [6.45, 7) is 0. The maximum absolute atomic E-state index is 13.0. The Bertz CT molecular complexity index is 824. The minimum absolute atomic E-state index is 0.0566. The lowest BCUT2D eigenvalue weighted by atomic mass is 9.93. The van der Waals surface area contributed by atoms with Gasteiger partial charge in [0.25, 0.3) is 5.91 Å². The Morgan fingerprint density at radius 3 is 2.54 bits per heavy atom. The van der Waals surface area contributed by atoms with Crippen molar-refractivity contribution in [3.8, 4) is 0 Å². The van der Waals surface area contributed by atoms with Gasteiger partial charge in [-0.3, -0.25) is 9.63 Å². The van der Waals surface area contributed by atoms with Gasteiger partial charge in [0.1, 0.15) is 0 Å². The van der Waals surface area contributed by atoms with Crippen LogP contribution < -0.4 is 0 Å². The molecule has 1 N–H and O–H groups in total. The number of nitrogens with zero attached hydrogens (tertiary/aromatic N) is 1. The van der Waals surface area contributed by atoms with Crippen molar-refractivity contribution in [3.05, 3.63) is 69.7 Å². The smallest absolute Gasteiger partial charge is 0.361 e. The van der Waals surface area contributed by atoms with Crippen molar-refractivity contribution in [2.75, 3.05) is 7.11 Å². The largest absolute Gasteiger partial charge is 0.416 e. The van der Waals surface area contributed by atoms with Gasteiger partial charge >= 0.3 is 6.18 Å². The van der Waals surface area contributed by atoms with E-state index in [1.165, 1.54) is 24.3 Å². The molecule has 0 fully saturated rings. The Morgan fingerprint density at radius 1 is 1.21 bits per heavy atom. The zero-order valence-corrected chi connectivity index (χ0v) is 13.0. The molecule has 24 heavy (non-hydrogen) atoms. The van der Waals surface area contributed by atoms with Crippen LogP contribution in [0.25, 0.3) is 0 Å². The van der Waals surface area contributed by atoms with E-state index in [0.717, 1.165) is 25.3 Å². The normalized spacial score (nSPS) is 20.4. The van der Waals surface area contributed by atoms with E-state index in [1.807, 2.05) is 0 Å². The minimum Gasteiger partial charge on any atom is -0.361 e. The molecule has 0 saturated carbocycles. The van der Waals surface area contributed by atoms with Crippen molar-refractivity contribution in [1.82, 2.24) is 5.06 Å². The highest BCUT2D eigenvalue weighted by Gasteiger charge is 2.51. The third kappa shape index (κ3) is 2.36. The average molecular weight is 358 g/mol. The lowest BCUT2D eigenvalue weighted by Crippen LogP contribution is -2.44. The van der Waals surface area contributed by atoms with Crippen LogP contribution in [0.15, 0.2) is 42.5 Å². The van der Waals surface area contributed by atoms with Crippen molar-refractivity contribution in [2.45, 2.75) is 11.9 Å². The summed E-state index contributed by atoms with van der Waals surface area (Å²) in [5.74, 6) is -0.677. The summed E-state index contributed by atoms with van der Waals surface area (Å²) in [5, 5.41) is 12.0. The number of hydrogen-bond acceptors (Lipinski definition) is 3. The highest BCUT2D eigenvalue weighted by Crippen LogP contribution is 2.44. The predicted octanol–water partition coefficient (Wildman–Crippen LogP) is 3.57. The van der Waals surface area contributed by atoms with Gasteiger partial charge in [-0.25, -0.2) is 0 Å². The first-order valence-electron chi connectivity index (χ1n) is 6.78. The van der Waals surface area contributed by atoms with Crippen LogP contribution in [0.1, 0.15) is 27.0 Å². The number of rotatable bonds is 2. The highest BCUT2D eigenvalue weighted by molar-refractivity contribution is 6.30. The first-order valence-corrected chi connectivity index (χ1v) is 7.16. The van der Waals surface area contributed by atoms with Gasteiger partial charge in [-0.05, 0) is 30.3 Å². The van der Waals surface area contributed by atoms with E-state index in [0.29, 0.717) is 5.06 Å². The first-order chi connectivity index (χ1) is 11.2. The molecule has 1 amide bonds. The zero-order chi connectivity index (χ0) is 17.7. The summed E-state index contributed by atoms with van der Waals surface area (Å²) >= 11 is 5.92. The molecule has 0 radical (unpaired) electrons. The van der Waals surface area contributed by atoms with Gasteiger partial charge in [0.15, 0.2) is 0 Å². The van der Waals surface area contributed by atoms with Gasteiger partial charge < -0.3 is 5.11 Å². The van der Waals surface area contributed by atoms with Gasteiger partial charge in [-0.15, -0.1) is 0 Å². The second-order valence-electron chi connectivity index (χ2n) is 5.22. The standard InChI is InChI=1S/C16H11ClF3NO3/c1-24-21-14(22)12-6-5-11(17)8-13(12)15(21,23)9-3-2-4-10(7-9)16(18,19)20/h2-8,23H,1H3. The quantitative estimate of drug-likeness (QED) is 0.894. The first kappa shape index (κ1) is 16.8. The van der Waals surface area contributed by atoms with Gasteiger partial charge in [0, 0.05) is 16.1 Å². The highest BCUT2D eigenvalue weighted by atomic mass is 35.5. The van der Waals surface area contributed by atoms with E-state index in [4.69, 9.17) is 16.4 Å². The lowest BCUT2D eigenvalue weighted by Gasteiger charge is -2.32. The molecule has 0 spiro atoms. The molecular weight excluding hydrogens is 347 g/mol. The molecule has 2 aromatic carbocycles.